The fourth-order valence-electron chi connectivity index (χ4n) is 1.78. The van der Waals surface area contributed by atoms with Gasteiger partial charge in [0, 0.05) is 5.56 Å². The molecule has 0 bridgehead atoms. The van der Waals surface area contributed by atoms with Gasteiger partial charge in [-0.15, -0.1) is 11.6 Å². The van der Waals surface area contributed by atoms with E-state index < -0.39 is 5.82 Å². The van der Waals surface area contributed by atoms with E-state index in [9.17, 15) is 4.39 Å². The summed E-state index contributed by atoms with van der Waals surface area (Å²) in [7, 11) is 1.56. The predicted octanol–water partition coefficient (Wildman–Crippen LogP) is 4.81. The molecule has 0 spiro atoms. The van der Waals surface area contributed by atoms with Gasteiger partial charge in [-0.2, -0.15) is 0 Å². The average Bonchev–Trinajstić information content (AvgIpc) is 2.48. The second-order valence-electron chi connectivity index (χ2n) is 4.12. The Morgan fingerprint density at radius 2 is 2.00 bits per heavy atom. The second-order valence-corrected chi connectivity index (χ2v) is 4.79. The van der Waals surface area contributed by atoms with Gasteiger partial charge in [0.05, 0.1) is 18.0 Å². The minimum atomic E-state index is -0.450. The SMILES string of the molecule is COc1cccc(CCl)c1OCc1ccc(F)c(Cl)c1. The van der Waals surface area contributed by atoms with Gasteiger partial charge in [-0.25, -0.2) is 4.39 Å². The molecule has 106 valence electrons. The van der Waals surface area contributed by atoms with Gasteiger partial charge in [-0.05, 0) is 23.8 Å². The van der Waals surface area contributed by atoms with Gasteiger partial charge < -0.3 is 9.47 Å². The van der Waals surface area contributed by atoms with Gasteiger partial charge in [-0.1, -0.05) is 29.8 Å². The maximum atomic E-state index is 13.1. The van der Waals surface area contributed by atoms with Crippen molar-refractivity contribution in [3.05, 3.63) is 58.4 Å². The molecule has 0 unspecified atom stereocenters. The third kappa shape index (κ3) is 3.35. The van der Waals surface area contributed by atoms with Crippen molar-refractivity contribution in [3.8, 4) is 11.5 Å². The number of hydrogen-bond acceptors (Lipinski definition) is 2. The second kappa shape index (κ2) is 6.82. The zero-order valence-electron chi connectivity index (χ0n) is 10.8. The smallest absolute Gasteiger partial charge is 0.166 e. The van der Waals surface area contributed by atoms with Crippen molar-refractivity contribution in [1.29, 1.82) is 0 Å². The number of para-hydroxylation sites is 1. The highest BCUT2D eigenvalue weighted by Crippen LogP contribution is 2.32. The molecule has 2 aromatic rings. The molecule has 0 saturated carbocycles. The van der Waals surface area contributed by atoms with E-state index in [1.165, 1.54) is 12.1 Å². The summed E-state index contributed by atoms with van der Waals surface area (Å²) >= 11 is 11.6. The van der Waals surface area contributed by atoms with Crippen LogP contribution in [0.4, 0.5) is 4.39 Å². The van der Waals surface area contributed by atoms with Crippen LogP contribution in [0.1, 0.15) is 11.1 Å². The van der Waals surface area contributed by atoms with Crippen molar-refractivity contribution in [2.75, 3.05) is 7.11 Å². The maximum Gasteiger partial charge on any atom is 0.166 e. The molecule has 5 heteroatoms. The summed E-state index contributed by atoms with van der Waals surface area (Å²) < 4.78 is 24.1. The summed E-state index contributed by atoms with van der Waals surface area (Å²) in [5.74, 6) is 1.06. The molecular formula is C15H13Cl2FO2. The van der Waals surface area contributed by atoms with Gasteiger partial charge in [0.2, 0.25) is 0 Å². The molecule has 0 radical (unpaired) electrons. The van der Waals surface area contributed by atoms with Gasteiger partial charge in [-0.3, -0.25) is 0 Å². The zero-order valence-corrected chi connectivity index (χ0v) is 12.3. The highest BCUT2D eigenvalue weighted by atomic mass is 35.5. The Bertz CT molecular complexity index is 580. The van der Waals surface area contributed by atoms with Crippen LogP contribution >= 0.6 is 23.2 Å². The van der Waals surface area contributed by atoms with Crippen molar-refractivity contribution in [2.45, 2.75) is 12.5 Å². The van der Waals surface area contributed by atoms with Crippen molar-refractivity contribution < 1.29 is 13.9 Å². The van der Waals surface area contributed by atoms with E-state index in [1.807, 2.05) is 12.1 Å². The highest BCUT2D eigenvalue weighted by molar-refractivity contribution is 6.30. The van der Waals surface area contributed by atoms with Crippen LogP contribution in [0.5, 0.6) is 11.5 Å². The number of halogens is 3. The van der Waals surface area contributed by atoms with Gasteiger partial charge in [0.1, 0.15) is 12.4 Å². The summed E-state index contributed by atoms with van der Waals surface area (Å²) in [6.07, 6.45) is 0. The predicted molar refractivity (Wildman–Crippen MR) is 78.3 cm³/mol. The summed E-state index contributed by atoms with van der Waals surface area (Å²) in [6, 6.07) is 9.97. The molecule has 0 heterocycles. The van der Waals surface area contributed by atoms with E-state index in [2.05, 4.69) is 0 Å². The minimum absolute atomic E-state index is 0.0729. The molecular weight excluding hydrogens is 302 g/mol. The molecule has 0 atom stereocenters. The van der Waals surface area contributed by atoms with E-state index in [-0.39, 0.29) is 11.6 Å². The van der Waals surface area contributed by atoms with Gasteiger partial charge in [0.15, 0.2) is 11.5 Å². The molecule has 0 N–H and O–H groups in total. The van der Waals surface area contributed by atoms with Crippen molar-refractivity contribution >= 4 is 23.2 Å². The Labute approximate surface area is 127 Å². The Kier molecular flexibility index (Phi) is 5.10. The van der Waals surface area contributed by atoms with E-state index in [1.54, 1.807) is 19.2 Å². The van der Waals surface area contributed by atoms with Crippen LogP contribution in [0, 0.1) is 5.82 Å². The Balaban J connectivity index is 2.19. The third-order valence-corrected chi connectivity index (χ3v) is 3.37. The van der Waals surface area contributed by atoms with E-state index in [0.29, 0.717) is 17.4 Å². The van der Waals surface area contributed by atoms with Crippen molar-refractivity contribution in [2.24, 2.45) is 0 Å². The summed E-state index contributed by atoms with van der Waals surface area (Å²) in [6.45, 7) is 0.254. The first kappa shape index (κ1) is 14.9. The largest absolute Gasteiger partial charge is 0.493 e. The molecule has 20 heavy (non-hydrogen) atoms. The standard InChI is InChI=1S/C15H13Cl2FO2/c1-19-14-4-2-3-11(8-16)15(14)20-9-10-5-6-13(18)12(17)7-10/h2-7H,8-9H2,1H3. The number of rotatable bonds is 5. The lowest BCUT2D eigenvalue weighted by Gasteiger charge is -2.14. The van der Waals surface area contributed by atoms with Gasteiger partial charge >= 0.3 is 0 Å². The van der Waals surface area contributed by atoms with Crippen molar-refractivity contribution in [3.63, 3.8) is 0 Å². The lowest BCUT2D eigenvalue weighted by Crippen LogP contribution is -2.00. The van der Waals surface area contributed by atoms with Crippen LogP contribution in [0.25, 0.3) is 0 Å². The topological polar surface area (TPSA) is 18.5 Å². The normalized spacial score (nSPS) is 10.4. The first-order valence-corrected chi connectivity index (χ1v) is 6.85. The molecule has 0 aliphatic heterocycles. The first-order valence-electron chi connectivity index (χ1n) is 5.94. The maximum absolute atomic E-state index is 13.1. The molecule has 0 aromatic heterocycles. The number of ether oxygens (including phenoxy) is 2. The molecule has 2 rings (SSSR count). The first-order chi connectivity index (χ1) is 9.65. The summed E-state index contributed by atoms with van der Waals surface area (Å²) in [5, 5.41) is 0.0729. The van der Waals surface area contributed by atoms with Crippen LogP contribution in [0.15, 0.2) is 36.4 Å². The Morgan fingerprint density at radius 3 is 2.65 bits per heavy atom. The molecule has 0 amide bonds. The molecule has 2 aromatic carbocycles. The van der Waals surface area contributed by atoms with E-state index >= 15 is 0 Å². The van der Waals surface area contributed by atoms with Crippen LogP contribution in [-0.4, -0.2) is 7.11 Å². The number of alkyl halides is 1. The highest BCUT2D eigenvalue weighted by Gasteiger charge is 2.10. The molecule has 0 saturated heterocycles. The summed E-state index contributed by atoms with van der Waals surface area (Å²) in [5.41, 5.74) is 1.60. The van der Waals surface area contributed by atoms with E-state index in [0.717, 1.165) is 11.1 Å². The monoisotopic (exact) mass is 314 g/mol. The number of methoxy groups -OCH3 is 1. The van der Waals surface area contributed by atoms with Crippen LogP contribution in [-0.2, 0) is 12.5 Å². The van der Waals surface area contributed by atoms with Crippen molar-refractivity contribution in [1.82, 2.24) is 0 Å². The Hall–Kier alpha value is -1.45. The van der Waals surface area contributed by atoms with Crippen LogP contribution in [0.2, 0.25) is 5.02 Å². The third-order valence-electron chi connectivity index (χ3n) is 2.79. The fourth-order valence-corrected chi connectivity index (χ4v) is 2.19. The van der Waals surface area contributed by atoms with Crippen LogP contribution < -0.4 is 9.47 Å². The molecule has 0 aliphatic rings. The van der Waals surface area contributed by atoms with E-state index in [4.69, 9.17) is 32.7 Å². The summed E-state index contributed by atoms with van der Waals surface area (Å²) in [4.78, 5) is 0. The fraction of sp³-hybridized carbons (Fsp3) is 0.200. The average molecular weight is 315 g/mol. The lowest BCUT2D eigenvalue weighted by atomic mass is 10.2. The van der Waals surface area contributed by atoms with Gasteiger partial charge in [0.25, 0.3) is 0 Å². The lowest BCUT2D eigenvalue weighted by molar-refractivity contribution is 0.282. The molecule has 0 aliphatic carbocycles. The van der Waals surface area contributed by atoms with Crippen LogP contribution in [0.3, 0.4) is 0 Å². The number of benzene rings is 2. The quantitative estimate of drug-likeness (QED) is 0.738. The number of hydrogen-bond donors (Lipinski definition) is 0. The Morgan fingerprint density at radius 1 is 1.20 bits per heavy atom. The zero-order chi connectivity index (χ0) is 14.5. The molecule has 0 fully saturated rings. The molecule has 2 nitrogen and oxygen atoms in total. The minimum Gasteiger partial charge on any atom is -0.493 e.